The molecule has 15 heavy (non-hydrogen) atoms. The Morgan fingerprint density at radius 2 is 2.20 bits per heavy atom. The molecule has 3 heteroatoms. The molecule has 82 valence electrons. The summed E-state index contributed by atoms with van der Waals surface area (Å²) in [5.74, 6) is 0.904. The number of ether oxygens (including phenoxy) is 2. The van der Waals surface area contributed by atoms with Gasteiger partial charge in [-0.1, -0.05) is 12.1 Å². The number of rotatable bonds is 3. The van der Waals surface area contributed by atoms with E-state index in [0.29, 0.717) is 6.10 Å². The maximum atomic E-state index is 5.64. The van der Waals surface area contributed by atoms with Crippen LogP contribution in [0.25, 0.3) is 0 Å². The van der Waals surface area contributed by atoms with Gasteiger partial charge >= 0.3 is 0 Å². The normalized spacial score (nSPS) is 21.3. The summed E-state index contributed by atoms with van der Waals surface area (Å²) in [6.07, 6.45) is 1.28. The summed E-state index contributed by atoms with van der Waals surface area (Å²) in [6.45, 7) is 2.74. The molecule has 1 heterocycles. The van der Waals surface area contributed by atoms with Crippen molar-refractivity contribution in [3.8, 4) is 5.75 Å². The Bertz CT molecular complexity index is 291. The molecule has 0 aliphatic carbocycles. The highest BCUT2D eigenvalue weighted by Gasteiger charge is 2.13. The van der Waals surface area contributed by atoms with Crippen molar-refractivity contribution >= 4 is 0 Å². The lowest BCUT2D eigenvalue weighted by Gasteiger charge is -2.23. The summed E-state index contributed by atoms with van der Waals surface area (Å²) in [4.78, 5) is 0. The first-order valence-corrected chi connectivity index (χ1v) is 5.34. The first-order valence-electron chi connectivity index (χ1n) is 5.34. The van der Waals surface area contributed by atoms with E-state index in [1.807, 2.05) is 12.1 Å². The van der Waals surface area contributed by atoms with Crippen LogP contribution < -0.4 is 10.1 Å². The molecule has 1 atom stereocenters. The highest BCUT2D eigenvalue weighted by Crippen LogP contribution is 2.13. The minimum atomic E-state index is 0.312. The van der Waals surface area contributed by atoms with Crippen molar-refractivity contribution in [2.24, 2.45) is 0 Å². The predicted molar refractivity (Wildman–Crippen MR) is 59.3 cm³/mol. The first kappa shape index (κ1) is 10.5. The van der Waals surface area contributed by atoms with Gasteiger partial charge in [-0.3, -0.25) is 0 Å². The second-order valence-electron chi connectivity index (χ2n) is 3.75. The monoisotopic (exact) mass is 207 g/mol. The van der Waals surface area contributed by atoms with Crippen molar-refractivity contribution in [1.82, 2.24) is 5.32 Å². The van der Waals surface area contributed by atoms with Crippen molar-refractivity contribution in [1.29, 1.82) is 0 Å². The molecule has 3 nitrogen and oxygen atoms in total. The molecule has 0 aromatic heterocycles. The SMILES string of the molecule is COc1ccc(C[C@H]2CNCCO2)cc1. The van der Waals surface area contributed by atoms with Crippen molar-refractivity contribution in [2.45, 2.75) is 12.5 Å². The number of hydrogen-bond acceptors (Lipinski definition) is 3. The average molecular weight is 207 g/mol. The van der Waals surface area contributed by atoms with Gasteiger partial charge in [-0.05, 0) is 24.1 Å². The van der Waals surface area contributed by atoms with Crippen molar-refractivity contribution in [2.75, 3.05) is 26.8 Å². The predicted octanol–water partition coefficient (Wildman–Crippen LogP) is 1.23. The quantitative estimate of drug-likeness (QED) is 0.808. The molecule has 0 bridgehead atoms. The standard InChI is InChI=1S/C12H17NO2/c1-14-11-4-2-10(3-5-11)8-12-9-13-6-7-15-12/h2-5,12-13H,6-9H2,1H3/t12-/m0/s1. The Kier molecular flexibility index (Phi) is 3.59. The Labute approximate surface area is 90.4 Å². The van der Waals surface area contributed by atoms with E-state index in [4.69, 9.17) is 9.47 Å². The van der Waals surface area contributed by atoms with E-state index >= 15 is 0 Å². The lowest BCUT2D eigenvalue weighted by atomic mass is 10.1. The third kappa shape index (κ3) is 2.94. The minimum absolute atomic E-state index is 0.312. The summed E-state index contributed by atoms with van der Waals surface area (Å²) in [5.41, 5.74) is 1.30. The van der Waals surface area contributed by atoms with Crippen LogP contribution in [0.15, 0.2) is 24.3 Å². The Balaban J connectivity index is 1.91. The molecule has 1 aromatic carbocycles. The van der Waals surface area contributed by atoms with E-state index in [-0.39, 0.29) is 0 Å². The zero-order valence-corrected chi connectivity index (χ0v) is 9.03. The molecule has 1 aromatic rings. The zero-order chi connectivity index (χ0) is 10.5. The smallest absolute Gasteiger partial charge is 0.118 e. The fourth-order valence-corrected chi connectivity index (χ4v) is 1.78. The van der Waals surface area contributed by atoms with E-state index < -0.39 is 0 Å². The summed E-state index contributed by atoms with van der Waals surface area (Å²) in [7, 11) is 1.68. The van der Waals surface area contributed by atoms with Crippen LogP contribution in [0, 0.1) is 0 Å². The third-order valence-corrected chi connectivity index (χ3v) is 2.63. The molecule has 0 saturated carbocycles. The van der Waals surface area contributed by atoms with Crippen LogP contribution in [0.3, 0.4) is 0 Å². The summed E-state index contributed by atoms with van der Waals surface area (Å²) >= 11 is 0. The maximum absolute atomic E-state index is 5.64. The van der Waals surface area contributed by atoms with Gasteiger partial charge in [0, 0.05) is 13.1 Å². The fourth-order valence-electron chi connectivity index (χ4n) is 1.78. The van der Waals surface area contributed by atoms with Gasteiger partial charge in [0.1, 0.15) is 5.75 Å². The van der Waals surface area contributed by atoms with E-state index in [1.165, 1.54) is 5.56 Å². The van der Waals surface area contributed by atoms with Gasteiger partial charge in [-0.15, -0.1) is 0 Å². The first-order chi connectivity index (χ1) is 7.38. The summed E-state index contributed by atoms with van der Waals surface area (Å²) < 4.78 is 10.8. The molecule has 1 aliphatic heterocycles. The molecule has 0 radical (unpaired) electrons. The fraction of sp³-hybridized carbons (Fsp3) is 0.500. The zero-order valence-electron chi connectivity index (χ0n) is 9.03. The highest BCUT2D eigenvalue weighted by atomic mass is 16.5. The van der Waals surface area contributed by atoms with Crippen LogP contribution in [0.1, 0.15) is 5.56 Å². The van der Waals surface area contributed by atoms with Gasteiger partial charge in [0.05, 0.1) is 19.8 Å². The van der Waals surface area contributed by atoms with Gasteiger partial charge in [0.25, 0.3) is 0 Å². The molecule has 1 N–H and O–H groups in total. The minimum Gasteiger partial charge on any atom is -0.497 e. The van der Waals surface area contributed by atoms with Gasteiger partial charge in [0.15, 0.2) is 0 Å². The van der Waals surface area contributed by atoms with Gasteiger partial charge < -0.3 is 14.8 Å². The van der Waals surface area contributed by atoms with Crippen LogP contribution in [-0.2, 0) is 11.2 Å². The summed E-state index contributed by atoms with van der Waals surface area (Å²) in [5, 5.41) is 3.33. The lowest BCUT2D eigenvalue weighted by molar-refractivity contribution is 0.0292. The number of nitrogens with one attached hydrogen (secondary N) is 1. The van der Waals surface area contributed by atoms with Crippen LogP contribution in [0.4, 0.5) is 0 Å². The van der Waals surface area contributed by atoms with E-state index in [0.717, 1.165) is 31.9 Å². The number of methoxy groups -OCH3 is 1. The second-order valence-corrected chi connectivity index (χ2v) is 3.75. The Hall–Kier alpha value is -1.06. The van der Waals surface area contributed by atoms with Crippen LogP contribution in [0.5, 0.6) is 5.75 Å². The maximum Gasteiger partial charge on any atom is 0.118 e. The molecular formula is C12H17NO2. The molecule has 0 unspecified atom stereocenters. The molecule has 0 amide bonds. The van der Waals surface area contributed by atoms with Crippen molar-refractivity contribution < 1.29 is 9.47 Å². The van der Waals surface area contributed by atoms with Crippen molar-refractivity contribution in [3.63, 3.8) is 0 Å². The second kappa shape index (κ2) is 5.14. The van der Waals surface area contributed by atoms with Gasteiger partial charge in [0.2, 0.25) is 0 Å². The topological polar surface area (TPSA) is 30.5 Å². The largest absolute Gasteiger partial charge is 0.497 e. The lowest BCUT2D eigenvalue weighted by Crippen LogP contribution is -2.39. The molecule has 1 saturated heterocycles. The van der Waals surface area contributed by atoms with Crippen LogP contribution in [0.2, 0.25) is 0 Å². The number of benzene rings is 1. The average Bonchev–Trinajstić information content (AvgIpc) is 2.31. The van der Waals surface area contributed by atoms with Crippen LogP contribution >= 0.6 is 0 Å². The van der Waals surface area contributed by atoms with Gasteiger partial charge in [-0.2, -0.15) is 0 Å². The van der Waals surface area contributed by atoms with Gasteiger partial charge in [-0.25, -0.2) is 0 Å². The molecule has 0 spiro atoms. The summed E-state index contributed by atoms with van der Waals surface area (Å²) in [6, 6.07) is 8.17. The molecule has 1 fully saturated rings. The van der Waals surface area contributed by atoms with E-state index in [2.05, 4.69) is 17.4 Å². The number of morpholine rings is 1. The van der Waals surface area contributed by atoms with E-state index in [9.17, 15) is 0 Å². The Morgan fingerprint density at radius 3 is 2.80 bits per heavy atom. The molecular weight excluding hydrogens is 190 g/mol. The number of hydrogen-bond donors (Lipinski definition) is 1. The van der Waals surface area contributed by atoms with Crippen LogP contribution in [-0.4, -0.2) is 32.9 Å². The van der Waals surface area contributed by atoms with E-state index in [1.54, 1.807) is 7.11 Å². The highest BCUT2D eigenvalue weighted by molar-refractivity contribution is 5.27. The van der Waals surface area contributed by atoms with Crippen molar-refractivity contribution in [3.05, 3.63) is 29.8 Å². The molecule has 1 aliphatic rings. The molecule has 2 rings (SSSR count). The third-order valence-electron chi connectivity index (χ3n) is 2.63. The Morgan fingerprint density at radius 1 is 1.40 bits per heavy atom.